The van der Waals surface area contributed by atoms with Crippen LogP contribution in [0.15, 0.2) is 0 Å². The number of nitrogens with one attached hydrogen (secondary N) is 1. The molecule has 0 saturated heterocycles. The van der Waals surface area contributed by atoms with Crippen LogP contribution in [0.2, 0.25) is 0 Å². The van der Waals surface area contributed by atoms with E-state index in [2.05, 4.69) is 5.32 Å². The second kappa shape index (κ2) is 4.65. The maximum atomic E-state index is 12.3. The van der Waals surface area contributed by atoms with Crippen LogP contribution < -0.4 is 5.32 Å². The highest BCUT2D eigenvalue weighted by molar-refractivity contribution is 4.62. The Morgan fingerprint density at radius 3 is 2.36 bits per heavy atom. The highest BCUT2D eigenvalue weighted by atomic mass is 19.3. The third kappa shape index (κ3) is 7.72. The molecule has 0 aromatic heterocycles. The van der Waals surface area contributed by atoms with Crippen LogP contribution >= 0.6 is 0 Å². The summed E-state index contributed by atoms with van der Waals surface area (Å²) in [6, 6.07) is 0. The molecule has 0 aliphatic heterocycles. The van der Waals surface area contributed by atoms with Gasteiger partial charge in [-0.1, -0.05) is 6.92 Å². The van der Waals surface area contributed by atoms with E-state index in [1.165, 1.54) is 0 Å². The van der Waals surface area contributed by atoms with Gasteiger partial charge in [-0.2, -0.15) is 0 Å². The molecular formula is C8H17F2N. The minimum absolute atomic E-state index is 0.00412. The molecule has 11 heavy (non-hydrogen) atoms. The van der Waals surface area contributed by atoms with Crippen molar-refractivity contribution in [1.29, 1.82) is 0 Å². The van der Waals surface area contributed by atoms with Gasteiger partial charge in [0.15, 0.2) is 0 Å². The third-order valence-corrected chi connectivity index (χ3v) is 1.63. The van der Waals surface area contributed by atoms with Crippen molar-refractivity contribution >= 4 is 0 Å². The van der Waals surface area contributed by atoms with Gasteiger partial charge in [0.05, 0.1) is 0 Å². The lowest BCUT2D eigenvalue weighted by molar-refractivity contribution is 0.00733. The molecule has 0 spiro atoms. The van der Waals surface area contributed by atoms with Crippen LogP contribution in [0.5, 0.6) is 0 Å². The first-order chi connectivity index (χ1) is 4.95. The summed E-state index contributed by atoms with van der Waals surface area (Å²) in [5, 5.41) is 2.96. The Kier molecular flexibility index (Phi) is 4.57. The largest absolute Gasteiger partial charge is 0.319 e. The zero-order chi connectivity index (χ0) is 8.91. The summed E-state index contributed by atoms with van der Waals surface area (Å²) in [7, 11) is 1.83. The molecule has 1 N–H and O–H groups in total. The van der Waals surface area contributed by atoms with E-state index in [0.29, 0.717) is 12.3 Å². The minimum Gasteiger partial charge on any atom is -0.319 e. The van der Waals surface area contributed by atoms with Crippen LogP contribution in [0, 0.1) is 5.92 Å². The highest BCUT2D eigenvalue weighted by Crippen LogP contribution is 2.21. The van der Waals surface area contributed by atoms with Crippen molar-refractivity contribution in [2.75, 3.05) is 13.6 Å². The molecule has 0 aromatic rings. The van der Waals surface area contributed by atoms with Crippen molar-refractivity contribution in [3.8, 4) is 0 Å². The molecule has 0 aliphatic rings. The fourth-order valence-corrected chi connectivity index (χ4v) is 0.950. The van der Waals surface area contributed by atoms with Crippen molar-refractivity contribution < 1.29 is 8.78 Å². The predicted octanol–water partition coefficient (Wildman–Crippen LogP) is 2.28. The second-order valence-electron chi connectivity index (χ2n) is 3.27. The van der Waals surface area contributed by atoms with Crippen LogP contribution in [0.4, 0.5) is 8.78 Å². The lowest BCUT2D eigenvalue weighted by Gasteiger charge is -2.14. The van der Waals surface area contributed by atoms with E-state index in [1.807, 2.05) is 14.0 Å². The molecule has 0 aromatic carbocycles. The molecule has 0 aliphatic carbocycles. The van der Waals surface area contributed by atoms with Gasteiger partial charge in [-0.15, -0.1) is 0 Å². The normalized spacial score (nSPS) is 15.0. The Balaban J connectivity index is 3.38. The van der Waals surface area contributed by atoms with Crippen LogP contribution in [-0.4, -0.2) is 19.5 Å². The predicted molar refractivity (Wildman–Crippen MR) is 42.9 cm³/mol. The molecule has 3 heteroatoms. The highest BCUT2D eigenvalue weighted by Gasteiger charge is 2.21. The quantitative estimate of drug-likeness (QED) is 0.659. The van der Waals surface area contributed by atoms with Crippen molar-refractivity contribution in [3.05, 3.63) is 0 Å². The van der Waals surface area contributed by atoms with Gasteiger partial charge in [0, 0.05) is 6.42 Å². The number of hydrogen-bond acceptors (Lipinski definition) is 1. The summed E-state index contributed by atoms with van der Waals surface area (Å²) in [6.45, 7) is 3.76. The van der Waals surface area contributed by atoms with Gasteiger partial charge >= 0.3 is 0 Å². The Morgan fingerprint density at radius 1 is 1.45 bits per heavy atom. The zero-order valence-electron chi connectivity index (χ0n) is 7.45. The van der Waals surface area contributed by atoms with Gasteiger partial charge in [-0.05, 0) is 32.9 Å². The monoisotopic (exact) mass is 165 g/mol. The SMILES string of the molecule is CNCC(C)CCC(C)(F)F. The average molecular weight is 165 g/mol. The molecule has 68 valence electrons. The van der Waals surface area contributed by atoms with Crippen LogP contribution in [0.25, 0.3) is 0 Å². The Morgan fingerprint density at radius 2 is 2.00 bits per heavy atom. The summed E-state index contributed by atoms with van der Waals surface area (Å²) in [5.74, 6) is -2.16. The van der Waals surface area contributed by atoms with Gasteiger partial charge in [-0.25, -0.2) is 8.78 Å². The molecule has 0 radical (unpaired) electrons. The van der Waals surface area contributed by atoms with E-state index in [4.69, 9.17) is 0 Å². The summed E-state index contributed by atoms with van der Waals surface area (Å²) >= 11 is 0. The first-order valence-electron chi connectivity index (χ1n) is 3.98. The maximum absolute atomic E-state index is 12.3. The molecule has 0 amide bonds. The Bertz CT molecular complexity index is 98.8. The molecule has 0 fully saturated rings. The van der Waals surface area contributed by atoms with E-state index in [0.717, 1.165) is 13.5 Å². The Labute approximate surface area is 67.2 Å². The summed E-state index contributed by atoms with van der Waals surface area (Å²) in [6.07, 6.45) is 0.584. The molecular weight excluding hydrogens is 148 g/mol. The van der Waals surface area contributed by atoms with Crippen LogP contribution in [0.3, 0.4) is 0 Å². The summed E-state index contributed by atoms with van der Waals surface area (Å²) in [4.78, 5) is 0. The van der Waals surface area contributed by atoms with E-state index in [1.54, 1.807) is 0 Å². The van der Waals surface area contributed by atoms with E-state index in [9.17, 15) is 8.78 Å². The van der Waals surface area contributed by atoms with E-state index < -0.39 is 5.92 Å². The topological polar surface area (TPSA) is 12.0 Å². The van der Waals surface area contributed by atoms with Crippen molar-refractivity contribution in [1.82, 2.24) is 5.32 Å². The third-order valence-electron chi connectivity index (χ3n) is 1.63. The van der Waals surface area contributed by atoms with Gasteiger partial charge in [0.25, 0.3) is 0 Å². The molecule has 1 atom stereocenters. The van der Waals surface area contributed by atoms with Crippen molar-refractivity contribution in [2.45, 2.75) is 32.6 Å². The van der Waals surface area contributed by atoms with Gasteiger partial charge in [-0.3, -0.25) is 0 Å². The lowest BCUT2D eigenvalue weighted by atomic mass is 10.0. The fraction of sp³-hybridized carbons (Fsp3) is 1.00. The number of hydrogen-bond donors (Lipinski definition) is 1. The minimum atomic E-state index is -2.50. The summed E-state index contributed by atoms with van der Waals surface area (Å²) in [5.41, 5.74) is 0. The van der Waals surface area contributed by atoms with E-state index in [-0.39, 0.29) is 6.42 Å². The molecule has 1 nitrogen and oxygen atoms in total. The van der Waals surface area contributed by atoms with Gasteiger partial charge < -0.3 is 5.32 Å². The molecule has 1 unspecified atom stereocenters. The van der Waals surface area contributed by atoms with Gasteiger partial charge in [0.1, 0.15) is 0 Å². The number of halogens is 2. The molecule has 0 saturated carbocycles. The Hall–Kier alpha value is -0.180. The van der Waals surface area contributed by atoms with Crippen molar-refractivity contribution in [3.63, 3.8) is 0 Å². The van der Waals surface area contributed by atoms with Gasteiger partial charge in [0.2, 0.25) is 5.92 Å². The van der Waals surface area contributed by atoms with Crippen molar-refractivity contribution in [2.24, 2.45) is 5.92 Å². The number of rotatable bonds is 5. The maximum Gasteiger partial charge on any atom is 0.245 e. The zero-order valence-corrected chi connectivity index (χ0v) is 7.45. The molecule has 0 rings (SSSR count). The van der Waals surface area contributed by atoms with Crippen LogP contribution in [0.1, 0.15) is 26.7 Å². The lowest BCUT2D eigenvalue weighted by Crippen LogP contribution is -2.19. The smallest absolute Gasteiger partial charge is 0.245 e. The second-order valence-corrected chi connectivity index (χ2v) is 3.27. The fourth-order valence-electron chi connectivity index (χ4n) is 0.950. The van der Waals surface area contributed by atoms with Crippen LogP contribution in [-0.2, 0) is 0 Å². The average Bonchev–Trinajstić information content (AvgIpc) is 1.83. The molecule has 0 bridgehead atoms. The summed E-state index contributed by atoms with van der Waals surface area (Å²) < 4.78 is 24.6. The first kappa shape index (κ1) is 10.8. The van der Waals surface area contributed by atoms with E-state index >= 15 is 0 Å². The standard InChI is InChI=1S/C8H17F2N/c1-7(6-11-3)4-5-8(2,9)10/h7,11H,4-6H2,1-3H3. The molecule has 0 heterocycles. The first-order valence-corrected chi connectivity index (χ1v) is 3.98. The number of alkyl halides is 2.